The second-order valence-electron chi connectivity index (χ2n) is 8.05. The summed E-state index contributed by atoms with van der Waals surface area (Å²) in [5.41, 5.74) is 10.0. The maximum absolute atomic E-state index is 12.0. The Labute approximate surface area is 211 Å². The van der Waals surface area contributed by atoms with Crippen molar-refractivity contribution in [3.8, 4) is 5.75 Å². The average Bonchev–Trinajstić information content (AvgIpc) is 2.94. The lowest BCUT2D eigenvalue weighted by atomic mass is 9.84. The van der Waals surface area contributed by atoms with Gasteiger partial charge in [0.25, 0.3) is 0 Å². The highest BCUT2D eigenvalue weighted by atomic mass is 32.2. The van der Waals surface area contributed by atoms with E-state index in [0.29, 0.717) is 0 Å². The van der Waals surface area contributed by atoms with Gasteiger partial charge in [0.1, 0.15) is 12.4 Å². The minimum absolute atomic E-state index is 0.152. The molecule has 4 rings (SSSR count). The predicted octanol–water partition coefficient (Wildman–Crippen LogP) is 5.96. The predicted molar refractivity (Wildman–Crippen MR) is 143 cm³/mol. The van der Waals surface area contributed by atoms with Crippen LogP contribution in [0.4, 0.5) is 0 Å². The maximum Gasteiger partial charge on any atom is 0.319 e. The quantitative estimate of drug-likeness (QED) is 0.223. The summed E-state index contributed by atoms with van der Waals surface area (Å²) in [5.74, 6) is 0.353. The van der Waals surface area contributed by atoms with Gasteiger partial charge in [-0.2, -0.15) is 0 Å². The smallest absolute Gasteiger partial charge is 0.319 e. The average molecular weight is 484 g/mol. The fraction of sp³-hybridized carbons (Fsp3) is 0.167. The maximum atomic E-state index is 12.0. The molecular weight excluding hydrogens is 454 g/mol. The van der Waals surface area contributed by atoms with E-state index in [2.05, 4.69) is 72.8 Å². The Morgan fingerprint density at radius 1 is 0.771 bits per heavy atom. The summed E-state index contributed by atoms with van der Waals surface area (Å²) in [6, 6.07) is 39.3. The number of carbonyl (C=O) groups is 1. The largest absolute Gasteiger partial charge is 0.497 e. The van der Waals surface area contributed by atoms with E-state index < -0.39 is 10.7 Å². The molecule has 4 nitrogen and oxygen atoms in total. The summed E-state index contributed by atoms with van der Waals surface area (Å²) in [5, 5.41) is -0.169. The highest BCUT2D eigenvalue weighted by Crippen LogP contribution is 2.54. The van der Waals surface area contributed by atoms with Crippen LogP contribution in [0.5, 0.6) is 5.75 Å². The summed E-state index contributed by atoms with van der Waals surface area (Å²) < 4.78 is 10.4. The number of benzene rings is 4. The fourth-order valence-corrected chi connectivity index (χ4v) is 5.85. The molecule has 0 aliphatic carbocycles. The zero-order chi connectivity index (χ0) is 24.5. The molecule has 0 spiro atoms. The van der Waals surface area contributed by atoms with Crippen LogP contribution < -0.4 is 10.5 Å². The number of nitrogens with two attached hydrogens (primary N) is 1. The molecule has 35 heavy (non-hydrogen) atoms. The van der Waals surface area contributed by atoms with Gasteiger partial charge in [-0.15, -0.1) is 11.8 Å². The van der Waals surface area contributed by atoms with Gasteiger partial charge in [0, 0.05) is 0 Å². The molecule has 4 aromatic rings. The van der Waals surface area contributed by atoms with Gasteiger partial charge in [-0.05, 0) is 34.4 Å². The molecule has 0 bridgehead atoms. The van der Waals surface area contributed by atoms with Crippen molar-refractivity contribution >= 4 is 17.7 Å². The Hall–Kier alpha value is -3.54. The monoisotopic (exact) mass is 483 g/mol. The summed E-state index contributed by atoms with van der Waals surface area (Å²) in [6.07, 6.45) is 0. The molecule has 1 unspecified atom stereocenters. The zero-order valence-corrected chi connectivity index (χ0v) is 20.5. The number of thioether (sulfide) groups is 1. The molecule has 5 heteroatoms. The Kier molecular flexibility index (Phi) is 8.24. The minimum atomic E-state index is -0.552. The first-order valence-corrected chi connectivity index (χ1v) is 12.4. The minimum Gasteiger partial charge on any atom is -0.497 e. The number of hydrogen-bond acceptors (Lipinski definition) is 5. The standard InChI is InChI=1S/C30H29NO3S/c1-33-27-19-17-23(18-20-27)28(22-34-29(32)21-31)35-30(24-11-5-2-6-12-24,25-13-7-3-8-14-25)26-15-9-4-10-16-26/h2-20,28H,21-22,31H2,1H3. The summed E-state index contributed by atoms with van der Waals surface area (Å²) in [7, 11) is 1.65. The van der Waals surface area contributed by atoms with E-state index in [1.807, 2.05) is 42.5 Å². The molecule has 0 saturated carbocycles. The molecule has 1 atom stereocenters. The lowest BCUT2D eigenvalue weighted by molar-refractivity contribution is -0.141. The SMILES string of the molecule is COc1ccc(C(COC(=O)CN)SC(c2ccccc2)(c2ccccc2)c2ccccc2)cc1. The zero-order valence-electron chi connectivity index (χ0n) is 19.7. The number of ether oxygens (including phenoxy) is 2. The van der Waals surface area contributed by atoms with Crippen molar-refractivity contribution in [2.45, 2.75) is 10.00 Å². The summed E-state index contributed by atoms with van der Waals surface area (Å²) in [4.78, 5) is 12.0. The molecule has 2 N–H and O–H groups in total. The number of carbonyl (C=O) groups excluding carboxylic acids is 1. The Bertz CT molecular complexity index is 1100. The van der Waals surface area contributed by atoms with Gasteiger partial charge < -0.3 is 15.2 Å². The second-order valence-corrected chi connectivity index (χ2v) is 9.46. The van der Waals surface area contributed by atoms with E-state index in [1.165, 1.54) is 0 Å². The molecule has 0 aliphatic rings. The molecule has 4 aromatic carbocycles. The third-order valence-electron chi connectivity index (χ3n) is 5.91. The van der Waals surface area contributed by atoms with Crippen LogP contribution in [0, 0.1) is 0 Å². The molecule has 0 amide bonds. The highest BCUT2D eigenvalue weighted by molar-refractivity contribution is 8.00. The molecule has 0 fully saturated rings. The van der Waals surface area contributed by atoms with Crippen LogP contribution in [0.2, 0.25) is 0 Å². The number of methoxy groups -OCH3 is 1. The van der Waals surface area contributed by atoms with E-state index in [9.17, 15) is 4.79 Å². The fourth-order valence-electron chi connectivity index (χ4n) is 4.18. The van der Waals surface area contributed by atoms with Crippen LogP contribution in [0.15, 0.2) is 115 Å². The van der Waals surface area contributed by atoms with E-state index in [1.54, 1.807) is 18.9 Å². The number of hydrogen-bond donors (Lipinski definition) is 1. The number of rotatable bonds is 10. The first kappa shape index (κ1) is 24.6. The van der Waals surface area contributed by atoms with Gasteiger partial charge in [0.2, 0.25) is 0 Å². The van der Waals surface area contributed by atoms with Crippen molar-refractivity contribution in [3.63, 3.8) is 0 Å². The second kappa shape index (κ2) is 11.7. The molecular formula is C30H29NO3S. The van der Waals surface area contributed by atoms with Gasteiger partial charge in [0.15, 0.2) is 0 Å². The van der Waals surface area contributed by atoms with E-state index >= 15 is 0 Å². The van der Waals surface area contributed by atoms with Gasteiger partial charge >= 0.3 is 5.97 Å². The number of esters is 1. The van der Waals surface area contributed by atoms with Crippen molar-refractivity contribution in [1.82, 2.24) is 0 Å². The third-order valence-corrected chi connectivity index (χ3v) is 7.66. The van der Waals surface area contributed by atoms with Gasteiger partial charge in [0.05, 0.1) is 23.7 Å². The Morgan fingerprint density at radius 3 is 1.63 bits per heavy atom. The molecule has 0 aromatic heterocycles. The molecule has 0 radical (unpaired) electrons. The molecule has 0 saturated heterocycles. The summed E-state index contributed by atoms with van der Waals surface area (Å²) in [6.45, 7) is 0.0441. The van der Waals surface area contributed by atoms with E-state index in [4.69, 9.17) is 15.2 Å². The Morgan fingerprint density at radius 2 is 1.23 bits per heavy atom. The highest BCUT2D eigenvalue weighted by Gasteiger charge is 2.40. The lowest BCUT2D eigenvalue weighted by Gasteiger charge is -2.38. The first-order valence-electron chi connectivity index (χ1n) is 11.5. The Balaban J connectivity index is 1.89. The van der Waals surface area contributed by atoms with E-state index in [0.717, 1.165) is 28.0 Å². The van der Waals surface area contributed by atoms with Crippen molar-refractivity contribution < 1.29 is 14.3 Å². The third kappa shape index (κ3) is 5.59. The molecule has 178 valence electrons. The van der Waals surface area contributed by atoms with Crippen molar-refractivity contribution in [3.05, 3.63) is 138 Å². The van der Waals surface area contributed by atoms with Crippen molar-refractivity contribution in [1.29, 1.82) is 0 Å². The van der Waals surface area contributed by atoms with E-state index in [-0.39, 0.29) is 18.4 Å². The first-order chi connectivity index (χ1) is 17.2. The van der Waals surface area contributed by atoms with Gasteiger partial charge in [-0.1, -0.05) is 103 Å². The van der Waals surface area contributed by atoms with Crippen LogP contribution in [0.25, 0.3) is 0 Å². The normalized spacial score (nSPS) is 12.1. The van der Waals surface area contributed by atoms with Crippen LogP contribution in [-0.4, -0.2) is 26.2 Å². The topological polar surface area (TPSA) is 61.5 Å². The summed E-state index contributed by atoms with van der Waals surface area (Å²) >= 11 is 1.76. The van der Waals surface area contributed by atoms with Crippen LogP contribution >= 0.6 is 11.8 Å². The lowest BCUT2D eigenvalue weighted by Crippen LogP contribution is -2.28. The van der Waals surface area contributed by atoms with Crippen molar-refractivity contribution in [2.75, 3.05) is 20.3 Å². The van der Waals surface area contributed by atoms with Crippen molar-refractivity contribution in [2.24, 2.45) is 5.73 Å². The van der Waals surface area contributed by atoms with Crippen LogP contribution in [0.3, 0.4) is 0 Å². The van der Waals surface area contributed by atoms with Gasteiger partial charge in [-0.3, -0.25) is 4.79 Å². The molecule has 0 aliphatic heterocycles. The molecule has 0 heterocycles. The van der Waals surface area contributed by atoms with Gasteiger partial charge in [-0.25, -0.2) is 0 Å². The van der Waals surface area contributed by atoms with Crippen LogP contribution in [0.1, 0.15) is 27.5 Å². The van der Waals surface area contributed by atoms with Crippen LogP contribution in [-0.2, 0) is 14.3 Å².